The zero-order chi connectivity index (χ0) is 19.8. The minimum atomic E-state index is -0.208. The number of pyridine rings is 1. The number of benzene rings is 1. The second kappa shape index (κ2) is 7.72. The Morgan fingerprint density at radius 2 is 1.90 bits per heavy atom. The van der Waals surface area contributed by atoms with Crippen LogP contribution in [0, 0.1) is 5.82 Å². The number of piperazine rings is 1. The van der Waals surface area contributed by atoms with Crippen LogP contribution in [0.15, 0.2) is 36.7 Å². The van der Waals surface area contributed by atoms with Crippen molar-refractivity contribution in [3.05, 3.63) is 53.1 Å². The van der Waals surface area contributed by atoms with Gasteiger partial charge in [0.05, 0.1) is 11.7 Å². The molecule has 1 aliphatic heterocycles. The van der Waals surface area contributed by atoms with Crippen molar-refractivity contribution < 1.29 is 4.39 Å². The zero-order valence-electron chi connectivity index (χ0n) is 16.0. The molecule has 3 heterocycles. The molecule has 0 spiro atoms. The van der Waals surface area contributed by atoms with Crippen molar-refractivity contribution in [1.29, 1.82) is 0 Å². The molecule has 3 aromatic rings. The van der Waals surface area contributed by atoms with Gasteiger partial charge in [0, 0.05) is 55.5 Å². The van der Waals surface area contributed by atoms with Crippen molar-refractivity contribution in [3.63, 3.8) is 0 Å². The van der Waals surface area contributed by atoms with E-state index in [-0.39, 0.29) is 5.82 Å². The van der Waals surface area contributed by atoms with E-state index in [0.29, 0.717) is 23.2 Å². The third-order valence-corrected chi connectivity index (χ3v) is 5.67. The number of halogens is 2. The number of rotatable bonds is 5. The first kappa shape index (κ1) is 18.5. The molecule has 8 heteroatoms. The summed E-state index contributed by atoms with van der Waals surface area (Å²) in [5.41, 5.74) is 2.29. The summed E-state index contributed by atoms with van der Waals surface area (Å²) in [5.74, 6) is 1.52. The molecule has 1 aromatic carbocycles. The molecule has 0 atom stereocenters. The smallest absolute Gasteiger partial charge is 0.172 e. The fraction of sp³-hybridized carbons (Fsp3) is 0.381. The second-order valence-electron chi connectivity index (χ2n) is 7.68. The summed E-state index contributed by atoms with van der Waals surface area (Å²) < 4.78 is 14.1. The number of anilines is 2. The predicted molar refractivity (Wildman–Crippen MR) is 113 cm³/mol. The minimum Gasteiger partial charge on any atom is -0.364 e. The van der Waals surface area contributed by atoms with Crippen LogP contribution in [0.3, 0.4) is 0 Å². The van der Waals surface area contributed by atoms with Crippen LogP contribution < -0.4 is 10.2 Å². The van der Waals surface area contributed by atoms with Crippen LogP contribution in [0.4, 0.5) is 16.0 Å². The van der Waals surface area contributed by atoms with Gasteiger partial charge in [0.1, 0.15) is 11.3 Å². The summed E-state index contributed by atoms with van der Waals surface area (Å²) >= 11 is 6.03. The topological polar surface area (TPSA) is 57.2 Å². The number of aromatic nitrogens is 3. The van der Waals surface area contributed by atoms with Crippen LogP contribution in [-0.4, -0.2) is 52.1 Å². The Morgan fingerprint density at radius 3 is 2.69 bits per heavy atom. The first-order chi connectivity index (χ1) is 14.2. The predicted octanol–water partition coefficient (Wildman–Crippen LogP) is 3.71. The van der Waals surface area contributed by atoms with Crippen LogP contribution in [0.2, 0.25) is 5.02 Å². The fourth-order valence-electron chi connectivity index (χ4n) is 3.66. The number of nitrogens with zero attached hydrogens (tertiary/aromatic N) is 5. The summed E-state index contributed by atoms with van der Waals surface area (Å²) in [6.45, 7) is 3.81. The summed E-state index contributed by atoms with van der Waals surface area (Å²) in [6.07, 6.45) is 5.85. The van der Waals surface area contributed by atoms with E-state index in [9.17, 15) is 4.39 Å². The highest BCUT2D eigenvalue weighted by Crippen LogP contribution is 2.31. The lowest BCUT2D eigenvalue weighted by molar-refractivity contribution is 0.246. The molecule has 5 rings (SSSR count). The van der Waals surface area contributed by atoms with E-state index in [1.165, 1.54) is 18.9 Å². The van der Waals surface area contributed by atoms with Gasteiger partial charge in [0.15, 0.2) is 11.6 Å². The van der Waals surface area contributed by atoms with Crippen molar-refractivity contribution in [1.82, 2.24) is 19.9 Å². The highest BCUT2D eigenvalue weighted by Gasteiger charge is 2.27. The van der Waals surface area contributed by atoms with Gasteiger partial charge in [-0.1, -0.05) is 11.6 Å². The monoisotopic (exact) mass is 412 g/mol. The maximum atomic E-state index is 14.1. The van der Waals surface area contributed by atoms with E-state index >= 15 is 0 Å². The van der Waals surface area contributed by atoms with Crippen molar-refractivity contribution in [2.45, 2.75) is 25.4 Å². The maximum Gasteiger partial charge on any atom is 0.172 e. The summed E-state index contributed by atoms with van der Waals surface area (Å²) in [4.78, 5) is 18.3. The second-order valence-corrected chi connectivity index (χ2v) is 8.11. The van der Waals surface area contributed by atoms with Gasteiger partial charge in [0.2, 0.25) is 0 Å². The molecule has 6 nitrogen and oxygen atoms in total. The SMILES string of the molecule is Fc1ccc(Cl)cc1CN1CCN(c2nc3cnccc3nc2NC2CC2)CC1. The van der Waals surface area contributed by atoms with Gasteiger partial charge in [-0.25, -0.2) is 14.4 Å². The first-order valence-electron chi connectivity index (χ1n) is 9.95. The molecule has 2 aliphatic rings. The zero-order valence-corrected chi connectivity index (χ0v) is 16.7. The van der Waals surface area contributed by atoms with E-state index in [0.717, 1.165) is 48.8 Å². The Bertz CT molecular complexity index is 1030. The van der Waals surface area contributed by atoms with Crippen molar-refractivity contribution in [2.24, 2.45) is 0 Å². The highest BCUT2D eigenvalue weighted by atomic mass is 35.5. The third kappa shape index (κ3) is 4.11. The Labute approximate surface area is 173 Å². The van der Waals surface area contributed by atoms with Gasteiger partial charge in [-0.2, -0.15) is 0 Å². The first-order valence-corrected chi connectivity index (χ1v) is 10.3. The van der Waals surface area contributed by atoms with Crippen molar-refractivity contribution in [3.8, 4) is 0 Å². The Hall–Kier alpha value is -2.51. The number of fused-ring (bicyclic) bond motifs is 1. The molecular formula is C21H22ClFN6. The van der Waals surface area contributed by atoms with Crippen LogP contribution in [-0.2, 0) is 6.54 Å². The summed E-state index contributed by atoms with van der Waals surface area (Å²) in [7, 11) is 0. The van der Waals surface area contributed by atoms with Crippen LogP contribution in [0.5, 0.6) is 0 Å². The molecular weight excluding hydrogens is 391 g/mol. The summed E-state index contributed by atoms with van der Waals surface area (Å²) in [6, 6.07) is 7.11. The quantitative estimate of drug-likeness (QED) is 0.689. The van der Waals surface area contributed by atoms with E-state index in [4.69, 9.17) is 21.6 Å². The van der Waals surface area contributed by atoms with E-state index < -0.39 is 0 Å². The van der Waals surface area contributed by atoms with Gasteiger partial charge in [-0.05, 0) is 37.1 Å². The van der Waals surface area contributed by atoms with Gasteiger partial charge >= 0.3 is 0 Å². The van der Waals surface area contributed by atoms with Crippen molar-refractivity contribution in [2.75, 3.05) is 36.4 Å². The molecule has 1 saturated heterocycles. The van der Waals surface area contributed by atoms with E-state index in [2.05, 4.69) is 20.1 Å². The van der Waals surface area contributed by atoms with Crippen LogP contribution in [0.25, 0.3) is 11.0 Å². The molecule has 2 aromatic heterocycles. The Kier molecular flexibility index (Phi) is 4.93. The fourth-order valence-corrected chi connectivity index (χ4v) is 3.85. The lowest BCUT2D eigenvalue weighted by Gasteiger charge is -2.36. The molecule has 150 valence electrons. The van der Waals surface area contributed by atoms with Gasteiger partial charge < -0.3 is 10.2 Å². The highest BCUT2D eigenvalue weighted by molar-refractivity contribution is 6.30. The molecule has 29 heavy (non-hydrogen) atoms. The average molecular weight is 413 g/mol. The third-order valence-electron chi connectivity index (χ3n) is 5.44. The van der Waals surface area contributed by atoms with Gasteiger partial charge in [-0.15, -0.1) is 0 Å². The summed E-state index contributed by atoms with van der Waals surface area (Å²) in [5, 5.41) is 4.09. The Morgan fingerprint density at radius 1 is 1.07 bits per heavy atom. The van der Waals surface area contributed by atoms with Crippen molar-refractivity contribution >= 4 is 34.3 Å². The molecule has 0 unspecified atom stereocenters. The molecule has 0 radical (unpaired) electrons. The minimum absolute atomic E-state index is 0.208. The average Bonchev–Trinajstić information content (AvgIpc) is 3.55. The van der Waals surface area contributed by atoms with Crippen LogP contribution in [0.1, 0.15) is 18.4 Å². The standard InChI is InChI=1S/C21H22ClFN6/c22-15-1-4-17(23)14(11-15)13-28-7-9-29(10-8-28)21-20(25-16-2-3-16)26-18-5-6-24-12-19(18)27-21/h1,4-6,11-12,16H,2-3,7-10,13H2,(H,25,26). The number of hydrogen-bond donors (Lipinski definition) is 1. The molecule has 0 amide bonds. The molecule has 2 fully saturated rings. The normalized spacial score (nSPS) is 17.7. The molecule has 1 saturated carbocycles. The number of nitrogens with one attached hydrogen (secondary N) is 1. The lowest BCUT2D eigenvalue weighted by atomic mass is 10.2. The molecule has 1 N–H and O–H groups in total. The van der Waals surface area contributed by atoms with Crippen LogP contribution >= 0.6 is 11.6 Å². The molecule has 1 aliphatic carbocycles. The van der Waals surface area contributed by atoms with Gasteiger partial charge in [0.25, 0.3) is 0 Å². The van der Waals surface area contributed by atoms with E-state index in [1.54, 1.807) is 24.5 Å². The largest absolute Gasteiger partial charge is 0.364 e. The Balaban J connectivity index is 1.33. The molecule has 0 bridgehead atoms. The number of hydrogen-bond acceptors (Lipinski definition) is 6. The maximum absolute atomic E-state index is 14.1. The lowest BCUT2D eigenvalue weighted by Crippen LogP contribution is -2.46. The van der Waals surface area contributed by atoms with E-state index in [1.807, 2.05) is 6.07 Å². The van der Waals surface area contributed by atoms with Gasteiger partial charge in [-0.3, -0.25) is 9.88 Å².